The number of rotatable bonds is 7. The lowest BCUT2D eigenvalue weighted by molar-refractivity contribution is -0.116. The van der Waals surface area contributed by atoms with E-state index in [9.17, 15) is 4.79 Å². The maximum Gasteiger partial charge on any atom is 0.227 e. The molecular formula is C22H26Cl2N2O3. The molecule has 0 bridgehead atoms. The Kier molecular flexibility index (Phi) is 7.78. The van der Waals surface area contributed by atoms with E-state index < -0.39 is 0 Å². The van der Waals surface area contributed by atoms with Gasteiger partial charge in [0.05, 0.1) is 35.3 Å². The van der Waals surface area contributed by atoms with Crippen molar-refractivity contribution in [3.63, 3.8) is 0 Å². The number of carbonyl (C=O) groups is 1. The molecule has 5 nitrogen and oxygen atoms in total. The largest absolute Gasteiger partial charge is 0.493 e. The average Bonchev–Trinajstić information content (AvgIpc) is 2.65. The molecule has 2 unspecified atom stereocenters. The Morgan fingerprint density at radius 3 is 2.59 bits per heavy atom. The zero-order chi connectivity index (χ0) is 20.8. The summed E-state index contributed by atoms with van der Waals surface area (Å²) in [5, 5.41) is 3.90. The van der Waals surface area contributed by atoms with Crippen LogP contribution in [-0.4, -0.2) is 42.7 Å². The standard InChI is InChI=1S/C22H26Cl2N2O3/c1-15-12-26(13-16(2)29-15)14-17-5-3-4-6-21(17)25-22(27)9-10-28-18-7-8-19(23)20(24)11-18/h3-8,11,15-16H,9-10,12-14H2,1-2H3,(H,25,27). The van der Waals surface area contributed by atoms with E-state index in [0.717, 1.165) is 30.9 Å². The van der Waals surface area contributed by atoms with E-state index in [0.29, 0.717) is 15.8 Å². The molecule has 2 aromatic carbocycles. The molecule has 1 heterocycles. The van der Waals surface area contributed by atoms with Gasteiger partial charge in [0, 0.05) is 31.4 Å². The third kappa shape index (κ3) is 6.61. The van der Waals surface area contributed by atoms with E-state index in [1.165, 1.54) is 0 Å². The second kappa shape index (κ2) is 10.3. The van der Waals surface area contributed by atoms with Crippen LogP contribution in [0.2, 0.25) is 10.0 Å². The molecule has 2 aromatic rings. The summed E-state index contributed by atoms with van der Waals surface area (Å²) in [7, 11) is 0. The second-order valence-corrected chi connectivity index (χ2v) is 8.15. The number of carbonyl (C=O) groups excluding carboxylic acids is 1. The van der Waals surface area contributed by atoms with E-state index in [2.05, 4.69) is 24.1 Å². The molecule has 0 aromatic heterocycles. The minimum Gasteiger partial charge on any atom is -0.493 e. The van der Waals surface area contributed by atoms with E-state index >= 15 is 0 Å². The molecule has 1 aliphatic heterocycles. The van der Waals surface area contributed by atoms with Gasteiger partial charge in [-0.1, -0.05) is 41.4 Å². The Hall–Kier alpha value is -1.79. The fourth-order valence-corrected chi connectivity index (χ4v) is 3.76. The smallest absolute Gasteiger partial charge is 0.227 e. The van der Waals surface area contributed by atoms with Crippen molar-refractivity contribution in [3.8, 4) is 5.75 Å². The molecule has 0 spiro atoms. The van der Waals surface area contributed by atoms with Gasteiger partial charge in [0.25, 0.3) is 0 Å². The Bertz CT molecular complexity index is 837. The molecule has 0 radical (unpaired) electrons. The number of hydrogen-bond donors (Lipinski definition) is 1. The van der Waals surface area contributed by atoms with Gasteiger partial charge in [0.1, 0.15) is 5.75 Å². The van der Waals surface area contributed by atoms with Crippen LogP contribution in [0.4, 0.5) is 5.69 Å². The molecule has 156 valence electrons. The Labute approximate surface area is 181 Å². The summed E-state index contributed by atoms with van der Waals surface area (Å²) in [5.74, 6) is 0.490. The maximum absolute atomic E-state index is 12.4. The fourth-order valence-electron chi connectivity index (χ4n) is 3.48. The van der Waals surface area contributed by atoms with Gasteiger partial charge in [0.15, 0.2) is 0 Å². The monoisotopic (exact) mass is 436 g/mol. The molecule has 1 N–H and O–H groups in total. The molecule has 1 saturated heterocycles. The van der Waals surface area contributed by atoms with Gasteiger partial charge in [-0.15, -0.1) is 0 Å². The van der Waals surface area contributed by atoms with Crippen molar-refractivity contribution in [2.45, 2.75) is 39.0 Å². The van der Waals surface area contributed by atoms with Crippen molar-refractivity contribution in [2.24, 2.45) is 0 Å². The highest BCUT2D eigenvalue weighted by molar-refractivity contribution is 6.42. The first-order valence-corrected chi connectivity index (χ1v) is 10.5. The fraction of sp³-hybridized carbons (Fsp3) is 0.409. The summed E-state index contributed by atoms with van der Waals surface area (Å²) in [6, 6.07) is 12.9. The molecular weight excluding hydrogens is 411 g/mol. The minimum absolute atomic E-state index is 0.0961. The topological polar surface area (TPSA) is 50.8 Å². The normalized spacial score (nSPS) is 19.7. The van der Waals surface area contributed by atoms with Crippen LogP contribution in [-0.2, 0) is 16.1 Å². The third-order valence-corrected chi connectivity index (χ3v) is 5.41. The van der Waals surface area contributed by atoms with Crippen LogP contribution in [0.15, 0.2) is 42.5 Å². The summed E-state index contributed by atoms with van der Waals surface area (Å²) in [6.07, 6.45) is 0.651. The van der Waals surface area contributed by atoms with Gasteiger partial charge < -0.3 is 14.8 Å². The quantitative estimate of drug-likeness (QED) is 0.662. The van der Waals surface area contributed by atoms with Crippen LogP contribution in [0.5, 0.6) is 5.75 Å². The Balaban J connectivity index is 1.53. The van der Waals surface area contributed by atoms with Gasteiger partial charge >= 0.3 is 0 Å². The number of hydrogen-bond acceptors (Lipinski definition) is 4. The number of halogens is 2. The molecule has 29 heavy (non-hydrogen) atoms. The van der Waals surface area contributed by atoms with Crippen LogP contribution in [0.25, 0.3) is 0 Å². The Morgan fingerprint density at radius 1 is 1.14 bits per heavy atom. The molecule has 0 saturated carbocycles. The predicted molar refractivity (Wildman–Crippen MR) is 117 cm³/mol. The highest BCUT2D eigenvalue weighted by Crippen LogP contribution is 2.26. The van der Waals surface area contributed by atoms with Gasteiger partial charge in [0.2, 0.25) is 5.91 Å². The van der Waals surface area contributed by atoms with E-state index in [-0.39, 0.29) is 31.1 Å². The van der Waals surface area contributed by atoms with Crippen molar-refractivity contribution in [3.05, 3.63) is 58.1 Å². The summed E-state index contributed by atoms with van der Waals surface area (Å²) >= 11 is 11.9. The lowest BCUT2D eigenvalue weighted by Gasteiger charge is -2.35. The number of amides is 1. The number of ether oxygens (including phenoxy) is 2. The maximum atomic E-state index is 12.4. The molecule has 7 heteroatoms. The summed E-state index contributed by atoms with van der Waals surface area (Å²) < 4.78 is 11.4. The van der Waals surface area contributed by atoms with Crippen LogP contribution < -0.4 is 10.1 Å². The van der Waals surface area contributed by atoms with Crippen molar-refractivity contribution < 1.29 is 14.3 Å². The number of morpholine rings is 1. The number of anilines is 1. The Morgan fingerprint density at radius 2 is 1.86 bits per heavy atom. The zero-order valence-corrected chi connectivity index (χ0v) is 18.2. The molecule has 0 aliphatic carbocycles. The number of para-hydroxylation sites is 1. The van der Waals surface area contributed by atoms with Gasteiger partial charge in [-0.05, 0) is 37.6 Å². The zero-order valence-electron chi connectivity index (χ0n) is 16.7. The van der Waals surface area contributed by atoms with Gasteiger partial charge in [-0.2, -0.15) is 0 Å². The van der Waals surface area contributed by atoms with E-state index in [1.54, 1.807) is 18.2 Å². The lowest BCUT2D eigenvalue weighted by Crippen LogP contribution is -2.44. The van der Waals surface area contributed by atoms with Crippen molar-refractivity contribution in [1.82, 2.24) is 4.90 Å². The molecule has 3 rings (SSSR count). The first kappa shape index (κ1) is 21.9. The highest BCUT2D eigenvalue weighted by atomic mass is 35.5. The van der Waals surface area contributed by atoms with Crippen LogP contribution in [0, 0.1) is 0 Å². The second-order valence-electron chi connectivity index (χ2n) is 7.33. The predicted octanol–water partition coefficient (Wildman–Crippen LogP) is 5.01. The summed E-state index contributed by atoms with van der Waals surface area (Å²) in [6.45, 7) is 6.96. The molecule has 1 aliphatic rings. The van der Waals surface area contributed by atoms with E-state index in [4.69, 9.17) is 32.7 Å². The first-order valence-electron chi connectivity index (χ1n) is 9.74. The van der Waals surface area contributed by atoms with Gasteiger partial charge in [-0.25, -0.2) is 0 Å². The van der Waals surface area contributed by atoms with E-state index in [1.807, 2.05) is 24.3 Å². The SMILES string of the molecule is CC1CN(Cc2ccccc2NC(=O)CCOc2ccc(Cl)c(Cl)c2)CC(C)O1. The van der Waals surface area contributed by atoms with Crippen molar-refractivity contribution in [2.75, 3.05) is 25.0 Å². The minimum atomic E-state index is -0.0961. The number of nitrogens with one attached hydrogen (secondary N) is 1. The number of benzene rings is 2. The first-order chi connectivity index (χ1) is 13.9. The van der Waals surface area contributed by atoms with Crippen molar-refractivity contribution >= 4 is 34.8 Å². The molecule has 1 fully saturated rings. The highest BCUT2D eigenvalue weighted by Gasteiger charge is 2.22. The van der Waals surface area contributed by atoms with Crippen molar-refractivity contribution in [1.29, 1.82) is 0 Å². The lowest BCUT2D eigenvalue weighted by atomic mass is 10.1. The molecule has 1 amide bonds. The number of nitrogens with zero attached hydrogens (tertiary/aromatic N) is 1. The van der Waals surface area contributed by atoms with Crippen LogP contribution >= 0.6 is 23.2 Å². The summed E-state index contributed by atoms with van der Waals surface area (Å²) in [4.78, 5) is 14.8. The summed E-state index contributed by atoms with van der Waals surface area (Å²) in [5.41, 5.74) is 1.92. The third-order valence-electron chi connectivity index (χ3n) is 4.67. The van der Waals surface area contributed by atoms with Crippen LogP contribution in [0.3, 0.4) is 0 Å². The van der Waals surface area contributed by atoms with Crippen LogP contribution in [0.1, 0.15) is 25.8 Å². The molecule has 2 atom stereocenters. The van der Waals surface area contributed by atoms with Gasteiger partial charge in [-0.3, -0.25) is 9.69 Å². The average molecular weight is 437 g/mol.